The first-order chi connectivity index (χ1) is 18.8. The van der Waals surface area contributed by atoms with E-state index in [-0.39, 0.29) is 31.3 Å². The lowest BCUT2D eigenvalue weighted by Gasteiger charge is -2.26. The molecule has 9 heteroatoms. The SMILES string of the molecule is CC(C)C.Cc1cccc(C)c1C(=O)NC(C)C(=O)N(C)CC(=O)N1CC(C(=O)Nc2ccccc2)CC1C#N. The molecule has 40 heavy (non-hydrogen) atoms. The number of carbonyl (C=O) groups excluding carboxylic acids is 4. The van der Waals surface area contributed by atoms with Crippen LogP contribution in [0.4, 0.5) is 5.69 Å². The van der Waals surface area contributed by atoms with E-state index in [2.05, 4.69) is 37.5 Å². The van der Waals surface area contributed by atoms with Crippen LogP contribution in [0, 0.1) is 37.0 Å². The Balaban J connectivity index is 0.00000131. The van der Waals surface area contributed by atoms with Gasteiger partial charge in [0.25, 0.3) is 5.91 Å². The Hall–Kier alpha value is -4.19. The second-order valence-corrected chi connectivity index (χ2v) is 10.9. The van der Waals surface area contributed by atoms with Crippen LogP contribution in [0.2, 0.25) is 0 Å². The molecule has 0 aromatic heterocycles. The number of carbonyl (C=O) groups is 4. The summed E-state index contributed by atoms with van der Waals surface area (Å²) in [6.45, 7) is 11.5. The molecule has 2 aromatic carbocycles. The molecular formula is C31H41N5O4. The van der Waals surface area contributed by atoms with Gasteiger partial charge in [0.2, 0.25) is 17.7 Å². The Morgan fingerprint density at radius 2 is 1.57 bits per heavy atom. The first-order valence-corrected chi connectivity index (χ1v) is 13.5. The summed E-state index contributed by atoms with van der Waals surface area (Å²) in [5, 5.41) is 15.1. The number of amides is 4. The van der Waals surface area contributed by atoms with E-state index in [1.807, 2.05) is 38.1 Å². The van der Waals surface area contributed by atoms with E-state index >= 15 is 0 Å². The molecule has 3 atom stereocenters. The Morgan fingerprint density at radius 1 is 1.00 bits per heavy atom. The number of hydrogen-bond donors (Lipinski definition) is 2. The number of nitriles is 1. The maximum absolute atomic E-state index is 13.0. The van der Waals surface area contributed by atoms with Crippen molar-refractivity contribution in [1.29, 1.82) is 5.26 Å². The summed E-state index contributed by atoms with van der Waals surface area (Å²) in [5.41, 5.74) is 2.77. The van der Waals surface area contributed by atoms with E-state index in [1.54, 1.807) is 31.2 Å². The van der Waals surface area contributed by atoms with Gasteiger partial charge in [0.1, 0.15) is 12.1 Å². The van der Waals surface area contributed by atoms with Crippen molar-refractivity contribution in [3.63, 3.8) is 0 Å². The monoisotopic (exact) mass is 547 g/mol. The highest BCUT2D eigenvalue weighted by molar-refractivity contribution is 6.00. The van der Waals surface area contributed by atoms with Gasteiger partial charge in [-0.15, -0.1) is 0 Å². The van der Waals surface area contributed by atoms with Gasteiger partial charge in [0, 0.05) is 24.8 Å². The Labute approximate surface area is 237 Å². The minimum Gasteiger partial charge on any atom is -0.341 e. The Morgan fingerprint density at radius 3 is 2.12 bits per heavy atom. The van der Waals surface area contributed by atoms with Crippen molar-refractivity contribution in [3.05, 3.63) is 65.2 Å². The Bertz CT molecular complexity index is 1220. The van der Waals surface area contributed by atoms with Gasteiger partial charge < -0.3 is 20.4 Å². The van der Waals surface area contributed by atoms with E-state index in [4.69, 9.17) is 0 Å². The number of benzene rings is 2. The van der Waals surface area contributed by atoms with Crippen molar-refractivity contribution < 1.29 is 19.2 Å². The molecule has 9 nitrogen and oxygen atoms in total. The molecule has 1 fully saturated rings. The van der Waals surface area contributed by atoms with Gasteiger partial charge in [-0.05, 0) is 56.4 Å². The van der Waals surface area contributed by atoms with Crippen LogP contribution in [0.15, 0.2) is 48.5 Å². The van der Waals surface area contributed by atoms with Gasteiger partial charge in [-0.2, -0.15) is 5.26 Å². The third-order valence-corrected chi connectivity index (χ3v) is 6.36. The molecule has 214 valence electrons. The number of likely N-dealkylation sites (N-methyl/N-ethyl adjacent to an activating group) is 1. The van der Waals surface area contributed by atoms with Gasteiger partial charge in [-0.25, -0.2) is 0 Å². The zero-order chi connectivity index (χ0) is 30.0. The number of nitrogens with one attached hydrogen (secondary N) is 2. The second kappa shape index (κ2) is 14.8. The molecule has 3 unspecified atom stereocenters. The minimum absolute atomic E-state index is 0.0939. The van der Waals surface area contributed by atoms with Gasteiger partial charge in [0.05, 0.1) is 18.5 Å². The van der Waals surface area contributed by atoms with E-state index in [1.165, 1.54) is 16.8 Å². The average molecular weight is 548 g/mol. The molecule has 1 saturated heterocycles. The van der Waals surface area contributed by atoms with Crippen LogP contribution in [0.3, 0.4) is 0 Å². The van der Waals surface area contributed by atoms with E-state index in [0.717, 1.165) is 17.0 Å². The van der Waals surface area contributed by atoms with Crippen molar-refractivity contribution in [3.8, 4) is 6.07 Å². The van der Waals surface area contributed by atoms with Gasteiger partial charge in [-0.1, -0.05) is 57.2 Å². The maximum atomic E-state index is 13.0. The lowest BCUT2D eigenvalue weighted by Crippen LogP contribution is -2.49. The summed E-state index contributed by atoms with van der Waals surface area (Å²) in [4.78, 5) is 53.8. The summed E-state index contributed by atoms with van der Waals surface area (Å²) >= 11 is 0. The molecule has 1 aliphatic rings. The fourth-order valence-corrected chi connectivity index (χ4v) is 4.40. The summed E-state index contributed by atoms with van der Waals surface area (Å²) in [5.74, 6) is -1.18. The highest BCUT2D eigenvalue weighted by Crippen LogP contribution is 2.25. The third-order valence-electron chi connectivity index (χ3n) is 6.36. The topological polar surface area (TPSA) is 123 Å². The zero-order valence-electron chi connectivity index (χ0n) is 24.5. The van der Waals surface area contributed by atoms with Crippen LogP contribution >= 0.6 is 0 Å². The van der Waals surface area contributed by atoms with Crippen molar-refractivity contribution in [2.75, 3.05) is 25.5 Å². The van der Waals surface area contributed by atoms with Crippen LogP contribution in [-0.2, 0) is 14.4 Å². The molecule has 0 aliphatic carbocycles. The first-order valence-electron chi connectivity index (χ1n) is 13.5. The largest absolute Gasteiger partial charge is 0.341 e. The van der Waals surface area contributed by atoms with E-state index in [0.29, 0.717) is 11.3 Å². The van der Waals surface area contributed by atoms with E-state index in [9.17, 15) is 24.4 Å². The molecule has 0 spiro atoms. The van der Waals surface area contributed by atoms with Crippen molar-refractivity contribution in [2.24, 2.45) is 11.8 Å². The number of aryl methyl sites for hydroxylation is 2. The number of nitrogens with zero attached hydrogens (tertiary/aromatic N) is 3. The number of hydrogen-bond acceptors (Lipinski definition) is 5. The highest BCUT2D eigenvalue weighted by atomic mass is 16.2. The number of anilines is 1. The van der Waals surface area contributed by atoms with Crippen LogP contribution in [0.5, 0.6) is 0 Å². The van der Waals surface area contributed by atoms with Gasteiger partial charge in [0.15, 0.2) is 0 Å². The molecule has 2 N–H and O–H groups in total. The molecular weight excluding hydrogens is 506 g/mol. The summed E-state index contributed by atoms with van der Waals surface area (Å²) < 4.78 is 0. The van der Waals surface area contributed by atoms with E-state index < -0.39 is 29.8 Å². The predicted molar refractivity (Wildman–Crippen MR) is 155 cm³/mol. The van der Waals surface area contributed by atoms with Crippen molar-refractivity contribution in [1.82, 2.24) is 15.1 Å². The number of rotatable bonds is 7. The number of likely N-dealkylation sites (tertiary alicyclic amines) is 1. The highest BCUT2D eigenvalue weighted by Gasteiger charge is 2.39. The molecule has 0 saturated carbocycles. The fraction of sp³-hybridized carbons (Fsp3) is 0.452. The normalized spacial score (nSPS) is 16.7. The summed E-state index contributed by atoms with van der Waals surface area (Å²) in [7, 11) is 1.47. The first kappa shape index (κ1) is 32.0. The third kappa shape index (κ3) is 8.94. The van der Waals surface area contributed by atoms with Crippen LogP contribution < -0.4 is 10.6 Å². The standard InChI is InChI=1S/C27H31N5O4.C4H10/c1-17-9-8-10-18(2)24(17)26(35)29-19(3)27(36)31(4)16-23(33)32-15-20(13-22(32)14-28)25(34)30-21-11-6-5-7-12-21;1-4(2)3/h5-12,19-20,22H,13,15-16H2,1-4H3,(H,29,35)(H,30,34);4H,1-3H3. The lowest BCUT2D eigenvalue weighted by atomic mass is 10.0. The summed E-state index contributed by atoms with van der Waals surface area (Å²) in [6, 6.07) is 15.0. The van der Waals surface area contributed by atoms with Crippen LogP contribution in [0.25, 0.3) is 0 Å². The molecule has 0 radical (unpaired) electrons. The number of para-hydroxylation sites is 1. The Kier molecular flexibility index (Phi) is 11.9. The summed E-state index contributed by atoms with van der Waals surface area (Å²) in [6.07, 6.45) is 0.223. The molecule has 1 aliphatic heterocycles. The maximum Gasteiger partial charge on any atom is 0.252 e. The smallest absolute Gasteiger partial charge is 0.252 e. The lowest BCUT2D eigenvalue weighted by molar-refractivity contribution is -0.140. The average Bonchev–Trinajstić information content (AvgIpc) is 3.33. The van der Waals surface area contributed by atoms with Crippen LogP contribution in [-0.4, -0.2) is 65.6 Å². The van der Waals surface area contributed by atoms with Crippen molar-refractivity contribution >= 4 is 29.3 Å². The fourth-order valence-electron chi connectivity index (χ4n) is 4.40. The van der Waals surface area contributed by atoms with Gasteiger partial charge >= 0.3 is 0 Å². The second-order valence-electron chi connectivity index (χ2n) is 10.9. The molecule has 1 heterocycles. The van der Waals surface area contributed by atoms with Crippen molar-refractivity contribution in [2.45, 2.75) is 60.0 Å². The van der Waals surface area contributed by atoms with Crippen LogP contribution in [0.1, 0.15) is 55.6 Å². The molecule has 4 amide bonds. The molecule has 3 rings (SSSR count). The minimum atomic E-state index is -0.857. The van der Waals surface area contributed by atoms with Gasteiger partial charge in [-0.3, -0.25) is 19.2 Å². The molecule has 0 bridgehead atoms. The predicted octanol–water partition coefficient (Wildman–Crippen LogP) is 3.92. The zero-order valence-corrected chi connectivity index (χ0v) is 24.5. The molecule has 2 aromatic rings. The quantitative estimate of drug-likeness (QED) is 0.544.